The molecule has 2 heterocycles. The minimum Gasteiger partial charge on any atom is -0.410 e. The highest BCUT2D eigenvalue weighted by atomic mass is 32.2. The van der Waals surface area contributed by atoms with Gasteiger partial charge in [-0.15, -0.1) is 0 Å². The number of aryl methyl sites for hydroxylation is 1. The van der Waals surface area contributed by atoms with Gasteiger partial charge in [0.2, 0.25) is 5.91 Å². The van der Waals surface area contributed by atoms with Crippen molar-refractivity contribution in [2.75, 3.05) is 25.9 Å². The van der Waals surface area contributed by atoms with E-state index in [9.17, 15) is 23.4 Å². The molecule has 1 fully saturated rings. The van der Waals surface area contributed by atoms with Crippen LogP contribution in [0.25, 0.3) is 10.9 Å². The lowest BCUT2D eigenvalue weighted by Gasteiger charge is -2.30. The van der Waals surface area contributed by atoms with Gasteiger partial charge in [0.05, 0.1) is 16.3 Å². The predicted octanol–water partition coefficient (Wildman–Crippen LogP) is 3.96. The van der Waals surface area contributed by atoms with E-state index < -0.39 is 16.9 Å². The molecule has 2 aromatic rings. The Morgan fingerprint density at radius 1 is 1.00 bits per heavy atom. The quantitative estimate of drug-likeness (QED) is 0.241. The molecule has 1 aliphatic heterocycles. The zero-order valence-corrected chi connectivity index (χ0v) is 24.6. The SMILES string of the molecule is CCc1c([S@@](C)=O)[nH]c2cc(OC(=O)NCCCCCCNC(=O)C3CCC(CN4C(=O)C=CC4=O)CC3)ccc12. The number of imide groups is 1. The number of fused-ring (bicyclic) bond motifs is 1. The average molecular weight is 585 g/mol. The molecule has 1 aromatic heterocycles. The van der Waals surface area contributed by atoms with Crippen molar-refractivity contribution in [3.05, 3.63) is 35.9 Å². The number of hydrogen-bond acceptors (Lipinski definition) is 6. The van der Waals surface area contributed by atoms with Gasteiger partial charge in [0.25, 0.3) is 11.8 Å². The van der Waals surface area contributed by atoms with E-state index in [2.05, 4.69) is 15.6 Å². The van der Waals surface area contributed by atoms with Gasteiger partial charge in [0.1, 0.15) is 10.8 Å². The summed E-state index contributed by atoms with van der Waals surface area (Å²) in [6.07, 6.45) is 11.3. The van der Waals surface area contributed by atoms with Gasteiger partial charge < -0.3 is 20.4 Å². The summed E-state index contributed by atoms with van der Waals surface area (Å²) in [5.41, 5.74) is 1.81. The number of nitrogens with one attached hydrogen (secondary N) is 3. The number of carbonyl (C=O) groups excluding carboxylic acids is 4. The largest absolute Gasteiger partial charge is 0.412 e. The van der Waals surface area contributed by atoms with Crippen LogP contribution in [-0.4, -0.2) is 63.8 Å². The van der Waals surface area contributed by atoms with Gasteiger partial charge in [-0.05, 0) is 68.6 Å². The van der Waals surface area contributed by atoms with Crippen molar-refractivity contribution in [1.82, 2.24) is 20.5 Å². The van der Waals surface area contributed by atoms with E-state index in [1.807, 2.05) is 13.0 Å². The number of nitrogens with zero attached hydrogens (tertiary/aromatic N) is 1. The van der Waals surface area contributed by atoms with Crippen LogP contribution in [-0.2, 0) is 31.6 Å². The van der Waals surface area contributed by atoms with Crippen molar-refractivity contribution in [2.24, 2.45) is 11.8 Å². The molecular weight excluding hydrogens is 544 g/mol. The first-order valence-corrected chi connectivity index (χ1v) is 16.1. The third-order valence-corrected chi connectivity index (χ3v) is 8.84. The lowest BCUT2D eigenvalue weighted by atomic mass is 9.81. The maximum Gasteiger partial charge on any atom is 0.412 e. The minimum absolute atomic E-state index is 0.00588. The monoisotopic (exact) mass is 584 g/mol. The second kappa shape index (κ2) is 14.4. The van der Waals surface area contributed by atoms with E-state index in [1.54, 1.807) is 18.4 Å². The number of ether oxygens (including phenoxy) is 1. The lowest BCUT2D eigenvalue weighted by molar-refractivity contribution is -0.138. The zero-order chi connectivity index (χ0) is 29.4. The molecule has 3 N–H and O–H groups in total. The Hall–Kier alpha value is -3.47. The highest BCUT2D eigenvalue weighted by Crippen LogP contribution is 2.30. The molecular formula is C30H40N4O6S. The van der Waals surface area contributed by atoms with Gasteiger partial charge in [-0.25, -0.2) is 4.79 Å². The summed E-state index contributed by atoms with van der Waals surface area (Å²) < 4.78 is 17.4. The molecule has 2 aliphatic rings. The molecule has 1 saturated carbocycles. The lowest BCUT2D eigenvalue weighted by Crippen LogP contribution is -2.38. The molecule has 0 saturated heterocycles. The van der Waals surface area contributed by atoms with Crippen LogP contribution in [0.3, 0.4) is 0 Å². The van der Waals surface area contributed by atoms with Crippen LogP contribution in [0.2, 0.25) is 0 Å². The Bertz CT molecular complexity index is 1310. The maximum atomic E-state index is 12.5. The minimum atomic E-state index is -1.12. The molecule has 4 rings (SSSR count). The van der Waals surface area contributed by atoms with E-state index in [4.69, 9.17) is 4.74 Å². The van der Waals surface area contributed by atoms with Crippen molar-refractivity contribution in [3.63, 3.8) is 0 Å². The number of carbonyl (C=O) groups is 4. The van der Waals surface area contributed by atoms with Crippen LogP contribution in [0, 0.1) is 11.8 Å². The molecule has 222 valence electrons. The number of H-pyrrole nitrogens is 1. The van der Waals surface area contributed by atoms with Crippen LogP contribution in [0.5, 0.6) is 5.75 Å². The number of aromatic amines is 1. The maximum absolute atomic E-state index is 12.5. The predicted molar refractivity (Wildman–Crippen MR) is 157 cm³/mol. The van der Waals surface area contributed by atoms with Gasteiger partial charge in [-0.2, -0.15) is 0 Å². The Balaban J connectivity index is 1.04. The number of rotatable bonds is 13. The first kappa shape index (κ1) is 30.5. The second-order valence-corrected chi connectivity index (χ2v) is 12.1. The van der Waals surface area contributed by atoms with Crippen LogP contribution >= 0.6 is 0 Å². The van der Waals surface area contributed by atoms with Crippen molar-refractivity contribution in [1.29, 1.82) is 0 Å². The van der Waals surface area contributed by atoms with Crippen LogP contribution < -0.4 is 15.4 Å². The average Bonchev–Trinajstić information content (AvgIpc) is 3.49. The van der Waals surface area contributed by atoms with E-state index >= 15 is 0 Å². The normalized spacial score (nSPS) is 19.5. The summed E-state index contributed by atoms with van der Waals surface area (Å²) in [6, 6.07) is 5.38. The van der Waals surface area contributed by atoms with Crippen LogP contribution in [0.15, 0.2) is 35.4 Å². The molecule has 0 radical (unpaired) electrons. The summed E-state index contributed by atoms with van der Waals surface area (Å²) in [7, 11) is -1.12. The smallest absolute Gasteiger partial charge is 0.410 e. The number of benzene rings is 1. The van der Waals surface area contributed by atoms with E-state index in [0.29, 0.717) is 30.4 Å². The number of unbranched alkanes of at least 4 members (excludes halogenated alkanes) is 3. The van der Waals surface area contributed by atoms with Gasteiger partial charge >= 0.3 is 6.09 Å². The molecule has 10 nitrogen and oxygen atoms in total. The summed E-state index contributed by atoms with van der Waals surface area (Å²) >= 11 is 0. The first-order chi connectivity index (χ1) is 19.8. The molecule has 1 atom stereocenters. The second-order valence-electron chi connectivity index (χ2n) is 10.8. The zero-order valence-electron chi connectivity index (χ0n) is 23.8. The summed E-state index contributed by atoms with van der Waals surface area (Å²) in [4.78, 5) is 52.7. The Morgan fingerprint density at radius 2 is 1.66 bits per heavy atom. The Labute approximate surface area is 243 Å². The van der Waals surface area contributed by atoms with Gasteiger partial charge in [0.15, 0.2) is 0 Å². The Kier molecular flexibility index (Phi) is 10.7. The Morgan fingerprint density at radius 3 is 2.29 bits per heavy atom. The third kappa shape index (κ3) is 8.06. The summed E-state index contributed by atoms with van der Waals surface area (Å²) in [5.74, 6) is 0.280. The standard InChI is InChI=1S/C30H40N4O6S/c1-3-23-24-13-12-22(18-25(24)33-29(23)41(2)39)40-30(38)32-17-7-5-4-6-16-31-28(37)21-10-8-20(9-11-21)19-34-26(35)14-15-27(34)36/h12-15,18,20-21,33H,3-11,16-17,19H2,1-2H3,(H,31,37)(H,32,38)/t20?,21?,41-/m1/s1. The molecule has 11 heteroatoms. The highest BCUT2D eigenvalue weighted by molar-refractivity contribution is 7.84. The molecule has 1 aliphatic carbocycles. The van der Waals surface area contributed by atoms with Crippen molar-refractivity contribution < 1.29 is 28.1 Å². The van der Waals surface area contributed by atoms with Gasteiger partial charge in [-0.1, -0.05) is 19.8 Å². The van der Waals surface area contributed by atoms with Gasteiger partial charge in [-0.3, -0.25) is 23.5 Å². The first-order valence-electron chi connectivity index (χ1n) is 14.5. The number of aromatic nitrogens is 1. The van der Waals surface area contributed by atoms with Crippen molar-refractivity contribution >= 4 is 45.5 Å². The molecule has 0 spiro atoms. The van der Waals surface area contributed by atoms with Crippen LogP contribution in [0.1, 0.15) is 63.9 Å². The summed E-state index contributed by atoms with van der Waals surface area (Å²) in [5, 5.41) is 7.50. The van der Waals surface area contributed by atoms with E-state index in [0.717, 1.165) is 74.3 Å². The fourth-order valence-electron chi connectivity index (χ4n) is 5.64. The van der Waals surface area contributed by atoms with Crippen molar-refractivity contribution in [3.8, 4) is 5.75 Å². The van der Waals surface area contributed by atoms with E-state index in [-0.39, 0.29) is 29.6 Å². The molecule has 1 aromatic carbocycles. The summed E-state index contributed by atoms with van der Waals surface area (Å²) in [6.45, 7) is 3.60. The highest BCUT2D eigenvalue weighted by Gasteiger charge is 2.31. The number of hydrogen-bond donors (Lipinski definition) is 3. The molecule has 41 heavy (non-hydrogen) atoms. The third-order valence-electron chi connectivity index (χ3n) is 7.92. The fourth-order valence-corrected chi connectivity index (χ4v) is 6.49. The van der Waals surface area contributed by atoms with Crippen LogP contribution in [0.4, 0.5) is 4.79 Å². The number of amides is 4. The fraction of sp³-hybridized carbons (Fsp3) is 0.533. The molecule has 0 bridgehead atoms. The van der Waals surface area contributed by atoms with Gasteiger partial charge in [0, 0.05) is 55.4 Å². The van der Waals surface area contributed by atoms with Crippen molar-refractivity contribution in [2.45, 2.75) is 69.7 Å². The topological polar surface area (TPSA) is 138 Å². The molecule has 0 unspecified atom stereocenters. The molecule has 4 amide bonds. The van der Waals surface area contributed by atoms with E-state index in [1.165, 1.54) is 17.1 Å².